The number of ether oxygens (including phenoxy) is 3. The first-order chi connectivity index (χ1) is 18.7. The van der Waals surface area contributed by atoms with Crippen LogP contribution in [0.5, 0.6) is 17.2 Å². The van der Waals surface area contributed by atoms with Gasteiger partial charge in [-0.05, 0) is 78.9 Å². The fraction of sp³-hybridized carbons (Fsp3) is 0.267. The Kier molecular flexibility index (Phi) is 8.29. The number of fused-ring (bicyclic) bond motifs is 1. The van der Waals surface area contributed by atoms with E-state index in [-0.39, 0.29) is 11.5 Å². The number of aromatic nitrogens is 2. The summed E-state index contributed by atoms with van der Waals surface area (Å²) in [6, 6.07) is 16.1. The number of hydrogen-bond acceptors (Lipinski definition) is 7. The summed E-state index contributed by atoms with van der Waals surface area (Å²) in [6.45, 7) is 7.79. The van der Waals surface area contributed by atoms with Gasteiger partial charge in [-0.2, -0.15) is 9.78 Å². The molecule has 202 valence electrons. The molecule has 0 aliphatic carbocycles. The Labute approximate surface area is 226 Å². The number of rotatable bonds is 10. The average Bonchev–Trinajstić information content (AvgIpc) is 2.91. The third-order valence-electron chi connectivity index (χ3n) is 6.13. The highest BCUT2D eigenvalue weighted by Gasteiger charge is 2.18. The number of methoxy groups -OCH3 is 1. The lowest BCUT2D eigenvalue weighted by Gasteiger charge is -2.17. The normalized spacial score (nSPS) is 11.3. The molecule has 0 saturated carbocycles. The number of benzene rings is 3. The van der Waals surface area contributed by atoms with Crippen molar-refractivity contribution in [3.8, 4) is 28.6 Å². The zero-order valence-electron chi connectivity index (χ0n) is 22.6. The van der Waals surface area contributed by atoms with Gasteiger partial charge in [0.15, 0.2) is 23.9 Å². The van der Waals surface area contributed by atoms with Crippen LogP contribution in [0.2, 0.25) is 0 Å². The van der Waals surface area contributed by atoms with Crippen LogP contribution < -0.4 is 19.8 Å². The number of para-hydroxylation sites is 1. The Bertz CT molecular complexity index is 1610. The minimum atomic E-state index is -1.09. The maximum atomic E-state index is 13.7. The summed E-state index contributed by atoms with van der Waals surface area (Å²) in [7, 11) is 1.64. The topological polar surface area (TPSA) is 112 Å². The number of aryl methyl sites for hydroxylation is 1. The van der Waals surface area contributed by atoms with Crippen LogP contribution in [0.3, 0.4) is 0 Å². The molecule has 1 N–H and O–H groups in total. The van der Waals surface area contributed by atoms with E-state index in [0.717, 1.165) is 22.4 Å². The van der Waals surface area contributed by atoms with Gasteiger partial charge in [0.25, 0.3) is 5.56 Å². The van der Waals surface area contributed by atoms with Gasteiger partial charge in [-0.3, -0.25) is 4.79 Å². The van der Waals surface area contributed by atoms with E-state index in [0.29, 0.717) is 40.4 Å². The third-order valence-corrected chi connectivity index (χ3v) is 6.13. The highest BCUT2D eigenvalue weighted by Crippen LogP contribution is 2.34. The number of carboxylic acids is 1. The molecular formula is C30H31N3O6. The quantitative estimate of drug-likeness (QED) is 0.279. The molecule has 0 amide bonds. The van der Waals surface area contributed by atoms with E-state index in [1.54, 1.807) is 43.5 Å². The molecule has 0 radical (unpaired) electrons. The van der Waals surface area contributed by atoms with Crippen molar-refractivity contribution in [3.63, 3.8) is 0 Å². The second kappa shape index (κ2) is 11.8. The monoisotopic (exact) mass is 529 g/mol. The van der Waals surface area contributed by atoms with E-state index in [9.17, 15) is 9.59 Å². The first-order valence-electron chi connectivity index (χ1n) is 12.6. The SMILES string of the molecule is CCOc1cc(C=Nn2c(-c3cc(C(C)C)c(OC)cc3C)nc3ccccc3c2=O)ccc1OCC(=O)O. The molecule has 1 heterocycles. The summed E-state index contributed by atoms with van der Waals surface area (Å²) in [5.74, 6) is 0.952. The number of nitrogens with zero attached hydrogens (tertiary/aromatic N) is 3. The average molecular weight is 530 g/mol. The van der Waals surface area contributed by atoms with E-state index in [4.69, 9.17) is 24.3 Å². The Morgan fingerprint density at radius 2 is 1.85 bits per heavy atom. The number of carboxylic acid groups (broad SMARTS) is 1. The molecule has 9 heteroatoms. The number of carbonyl (C=O) groups is 1. The molecule has 0 spiro atoms. The van der Waals surface area contributed by atoms with Crippen molar-refractivity contribution in [2.24, 2.45) is 5.10 Å². The lowest BCUT2D eigenvalue weighted by atomic mass is 9.96. The van der Waals surface area contributed by atoms with Gasteiger partial charge >= 0.3 is 5.97 Å². The molecule has 0 aliphatic rings. The lowest BCUT2D eigenvalue weighted by Crippen LogP contribution is -2.20. The summed E-state index contributed by atoms with van der Waals surface area (Å²) in [4.78, 5) is 29.4. The highest BCUT2D eigenvalue weighted by atomic mass is 16.5. The molecule has 4 rings (SSSR count). The van der Waals surface area contributed by atoms with Crippen LogP contribution in [-0.4, -0.2) is 47.3 Å². The van der Waals surface area contributed by atoms with Gasteiger partial charge in [-0.25, -0.2) is 9.78 Å². The van der Waals surface area contributed by atoms with Crippen LogP contribution in [0.1, 0.15) is 43.4 Å². The molecule has 0 unspecified atom stereocenters. The highest BCUT2D eigenvalue weighted by molar-refractivity contribution is 5.83. The minimum Gasteiger partial charge on any atom is -0.496 e. The summed E-state index contributed by atoms with van der Waals surface area (Å²) in [5, 5.41) is 14.0. The summed E-state index contributed by atoms with van der Waals surface area (Å²) >= 11 is 0. The van der Waals surface area contributed by atoms with Crippen molar-refractivity contribution >= 4 is 23.1 Å². The fourth-order valence-electron chi connectivity index (χ4n) is 4.23. The van der Waals surface area contributed by atoms with Crippen molar-refractivity contribution in [1.82, 2.24) is 9.66 Å². The maximum Gasteiger partial charge on any atom is 0.341 e. The van der Waals surface area contributed by atoms with Gasteiger partial charge in [-0.1, -0.05) is 26.0 Å². The summed E-state index contributed by atoms with van der Waals surface area (Å²) in [5.41, 5.74) is 3.55. The van der Waals surface area contributed by atoms with Crippen LogP contribution in [0.25, 0.3) is 22.3 Å². The van der Waals surface area contributed by atoms with Gasteiger partial charge < -0.3 is 19.3 Å². The molecule has 0 aliphatic heterocycles. The Balaban J connectivity index is 1.87. The van der Waals surface area contributed by atoms with E-state index < -0.39 is 12.6 Å². The van der Waals surface area contributed by atoms with Crippen molar-refractivity contribution < 1.29 is 24.1 Å². The van der Waals surface area contributed by atoms with E-state index in [2.05, 4.69) is 18.9 Å². The molecule has 1 aromatic heterocycles. The van der Waals surface area contributed by atoms with Crippen molar-refractivity contribution in [1.29, 1.82) is 0 Å². The molecular weight excluding hydrogens is 498 g/mol. The smallest absolute Gasteiger partial charge is 0.341 e. The first kappa shape index (κ1) is 27.4. The summed E-state index contributed by atoms with van der Waals surface area (Å²) in [6.07, 6.45) is 1.53. The van der Waals surface area contributed by atoms with Gasteiger partial charge in [0.05, 0.1) is 30.8 Å². The predicted octanol–water partition coefficient (Wildman–Crippen LogP) is 5.25. The minimum absolute atomic E-state index is 0.183. The molecule has 0 fully saturated rings. The van der Waals surface area contributed by atoms with Gasteiger partial charge in [0, 0.05) is 5.56 Å². The number of hydrogen-bond donors (Lipinski definition) is 1. The van der Waals surface area contributed by atoms with E-state index in [1.807, 2.05) is 32.0 Å². The maximum absolute atomic E-state index is 13.7. The largest absolute Gasteiger partial charge is 0.496 e. The third kappa shape index (κ3) is 5.93. The molecule has 0 saturated heterocycles. The molecule has 39 heavy (non-hydrogen) atoms. The van der Waals surface area contributed by atoms with Crippen LogP contribution >= 0.6 is 0 Å². The van der Waals surface area contributed by atoms with Crippen LogP contribution in [-0.2, 0) is 4.79 Å². The van der Waals surface area contributed by atoms with E-state index in [1.165, 1.54) is 10.9 Å². The molecule has 3 aromatic carbocycles. The number of aliphatic carboxylic acids is 1. The Morgan fingerprint density at radius 1 is 1.08 bits per heavy atom. The second-order valence-corrected chi connectivity index (χ2v) is 9.20. The molecule has 4 aromatic rings. The van der Waals surface area contributed by atoms with Crippen molar-refractivity contribution in [3.05, 3.63) is 81.6 Å². The van der Waals surface area contributed by atoms with Crippen molar-refractivity contribution in [2.45, 2.75) is 33.6 Å². The standard InChI is InChI=1S/C30H31N3O6/c1-6-38-27-14-20(11-12-25(27)39-17-28(34)35)16-31-33-29(32-24-10-8-7-9-21(24)30(33)36)23-15-22(18(2)3)26(37-5)13-19(23)4/h7-16,18H,6,17H2,1-5H3,(H,34,35). The van der Waals surface area contributed by atoms with Gasteiger partial charge in [0.1, 0.15) is 5.75 Å². The van der Waals surface area contributed by atoms with Crippen molar-refractivity contribution in [2.75, 3.05) is 20.3 Å². The van der Waals surface area contributed by atoms with E-state index >= 15 is 0 Å². The first-order valence-corrected chi connectivity index (χ1v) is 12.6. The second-order valence-electron chi connectivity index (χ2n) is 9.20. The Hall–Kier alpha value is -4.66. The van der Waals surface area contributed by atoms with Gasteiger partial charge in [0.2, 0.25) is 0 Å². The molecule has 9 nitrogen and oxygen atoms in total. The molecule has 0 atom stereocenters. The van der Waals surface area contributed by atoms with Crippen LogP contribution in [0, 0.1) is 6.92 Å². The zero-order valence-corrected chi connectivity index (χ0v) is 22.6. The van der Waals surface area contributed by atoms with Crippen LogP contribution in [0.4, 0.5) is 0 Å². The van der Waals surface area contributed by atoms with Gasteiger partial charge in [-0.15, -0.1) is 0 Å². The Morgan fingerprint density at radius 3 is 2.54 bits per heavy atom. The fourth-order valence-corrected chi connectivity index (χ4v) is 4.23. The lowest BCUT2D eigenvalue weighted by molar-refractivity contribution is -0.139. The zero-order chi connectivity index (χ0) is 28.1. The molecule has 0 bridgehead atoms. The predicted molar refractivity (Wildman–Crippen MR) is 151 cm³/mol. The summed E-state index contributed by atoms with van der Waals surface area (Å²) < 4.78 is 17.9. The van der Waals surface area contributed by atoms with Crippen LogP contribution in [0.15, 0.2) is 64.5 Å².